The highest BCUT2D eigenvalue weighted by atomic mass is 32.1. The molecule has 0 bridgehead atoms. The normalized spacial score (nSPS) is 18.4. The molecule has 0 aliphatic carbocycles. The number of thiophene rings is 1. The fourth-order valence-corrected chi connectivity index (χ4v) is 3.84. The zero-order valence-electron chi connectivity index (χ0n) is 14.4. The molecule has 2 aromatic rings. The van der Waals surface area contributed by atoms with E-state index in [4.69, 9.17) is 0 Å². The second kappa shape index (κ2) is 7.79. The Morgan fingerprint density at radius 1 is 1.52 bits per heavy atom. The lowest BCUT2D eigenvalue weighted by Crippen LogP contribution is -2.58. The lowest BCUT2D eigenvalue weighted by atomic mass is 10.1. The van der Waals surface area contributed by atoms with Crippen LogP contribution >= 0.6 is 11.3 Å². The van der Waals surface area contributed by atoms with Crippen LogP contribution in [0.4, 0.5) is 0 Å². The summed E-state index contributed by atoms with van der Waals surface area (Å²) in [5.41, 5.74) is 1.86. The van der Waals surface area contributed by atoms with Crippen LogP contribution in [-0.4, -0.2) is 52.1 Å². The van der Waals surface area contributed by atoms with Gasteiger partial charge in [-0.05, 0) is 25.3 Å². The minimum absolute atomic E-state index is 0.0716. The molecule has 0 radical (unpaired) electrons. The lowest BCUT2D eigenvalue weighted by molar-refractivity contribution is -0.134. The fraction of sp³-hybridized carbons (Fsp3) is 0.471. The summed E-state index contributed by atoms with van der Waals surface area (Å²) in [6.45, 7) is 5.88. The van der Waals surface area contributed by atoms with Crippen LogP contribution in [-0.2, 0) is 16.1 Å². The Morgan fingerprint density at radius 3 is 3.08 bits per heavy atom. The lowest BCUT2D eigenvalue weighted by Gasteiger charge is -2.37. The van der Waals surface area contributed by atoms with Crippen molar-refractivity contribution in [3.05, 3.63) is 29.3 Å². The molecule has 134 valence electrons. The van der Waals surface area contributed by atoms with Crippen LogP contribution in [0.5, 0.6) is 0 Å². The van der Waals surface area contributed by atoms with Crippen LogP contribution < -0.4 is 10.6 Å². The first-order chi connectivity index (χ1) is 12.1. The second-order valence-electron chi connectivity index (χ2n) is 6.37. The molecule has 7 nitrogen and oxygen atoms in total. The van der Waals surface area contributed by atoms with E-state index < -0.39 is 6.04 Å². The molecule has 1 aliphatic heterocycles. The minimum atomic E-state index is -0.408. The van der Waals surface area contributed by atoms with Crippen LogP contribution in [0, 0.1) is 0 Å². The molecular formula is C17H23N5O2S. The summed E-state index contributed by atoms with van der Waals surface area (Å²) >= 11 is 1.62. The molecule has 0 spiro atoms. The maximum atomic E-state index is 12.4. The zero-order chi connectivity index (χ0) is 17.8. The third-order valence-electron chi connectivity index (χ3n) is 4.38. The largest absolute Gasteiger partial charge is 0.353 e. The fourth-order valence-electron chi connectivity index (χ4n) is 3.08. The first-order valence-electron chi connectivity index (χ1n) is 8.42. The summed E-state index contributed by atoms with van der Waals surface area (Å²) in [5, 5.41) is 14.8. The van der Waals surface area contributed by atoms with E-state index in [2.05, 4.69) is 25.7 Å². The van der Waals surface area contributed by atoms with Crippen LogP contribution in [0.2, 0.25) is 0 Å². The van der Waals surface area contributed by atoms with Crippen LogP contribution in [0.3, 0.4) is 0 Å². The molecule has 0 aromatic carbocycles. The number of nitrogens with zero attached hydrogens (tertiary/aromatic N) is 2. The Kier molecular flexibility index (Phi) is 5.50. The van der Waals surface area contributed by atoms with Gasteiger partial charge < -0.3 is 10.6 Å². The van der Waals surface area contributed by atoms with Crippen molar-refractivity contribution in [2.45, 2.75) is 38.9 Å². The van der Waals surface area contributed by atoms with E-state index in [1.165, 1.54) is 0 Å². The number of nitrogens with one attached hydrogen (secondary N) is 3. The van der Waals surface area contributed by atoms with E-state index in [-0.39, 0.29) is 24.3 Å². The summed E-state index contributed by atoms with van der Waals surface area (Å²) in [5.74, 6) is -0.205. The van der Waals surface area contributed by atoms with Gasteiger partial charge in [0.2, 0.25) is 11.8 Å². The Hall–Kier alpha value is -2.19. The van der Waals surface area contributed by atoms with Gasteiger partial charge in [0.25, 0.3) is 0 Å². The zero-order valence-corrected chi connectivity index (χ0v) is 15.2. The van der Waals surface area contributed by atoms with Gasteiger partial charge in [0.05, 0.1) is 29.2 Å². The summed E-state index contributed by atoms with van der Waals surface area (Å²) in [7, 11) is 0. The van der Waals surface area contributed by atoms with Gasteiger partial charge in [-0.2, -0.15) is 5.10 Å². The van der Waals surface area contributed by atoms with Gasteiger partial charge in [-0.1, -0.05) is 6.07 Å². The molecular weight excluding hydrogens is 338 g/mol. The number of carbonyl (C=O) groups is 2. The maximum Gasteiger partial charge on any atom is 0.237 e. The van der Waals surface area contributed by atoms with Gasteiger partial charge in [0.1, 0.15) is 0 Å². The number of carbonyl (C=O) groups excluding carboxylic acids is 2. The third kappa shape index (κ3) is 4.08. The van der Waals surface area contributed by atoms with Crippen molar-refractivity contribution in [3.8, 4) is 10.6 Å². The van der Waals surface area contributed by atoms with Gasteiger partial charge in [0.15, 0.2) is 0 Å². The number of amides is 2. The topological polar surface area (TPSA) is 90.1 Å². The van der Waals surface area contributed by atoms with Crippen molar-refractivity contribution >= 4 is 23.2 Å². The van der Waals surface area contributed by atoms with Crippen LogP contribution in [0.1, 0.15) is 25.8 Å². The van der Waals surface area contributed by atoms with Crippen molar-refractivity contribution in [2.75, 3.05) is 13.1 Å². The van der Waals surface area contributed by atoms with Gasteiger partial charge >= 0.3 is 0 Å². The summed E-state index contributed by atoms with van der Waals surface area (Å²) in [6.07, 6.45) is 1.89. The molecule has 3 heterocycles. The molecule has 3 rings (SSSR count). The van der Waals surface area contributed by atoms with E-state index in [9.17, 15) is 9.59 Å². The number of H-pyrrole nitrogens is 1. The highest BCUT2D eigenvalue weighted by Crippen LogP contribution is 2.25. The molecule has 0 saturated carbocycles. The predicted octanol–water partition coefficient (Wildman–Crippen LogP) is 1.35. The van der Waals surface area contributed by atoms with E-state index in [1.807, 2.05) is 31.4 Å². The average Bonchev–Trinajstić information content (AvgIpc) is 3.25. The van der Waals surface area contributed by atoms with E-state index >= 15 is 0 Å². The monoisotopic (exact) mass is 361 g/mol. The van der Waals surface area contributed by atoms with Gasteiger partial charge in [-0.15, -0.1) is 11.3 Å². The molecule has 8 heteroatoms. The summed E-state index contributed by atoms with van der Waals surface area (Å²) < 4.78 is 0. The van der Waals surface area contributed by atoms with Crippen LogP contribution in [0.25, 0.3) is 10.6 Å². The molecule has 1 atom stereocenters. The molecule has 1 saturated heterocycles. The minimum Gasteiger partial charge on any atom is -0.353 e. The Labute approximate surface area is 150 Å². The maximum absolute atomic E-state index is 12.4. The molecule has 2 amide bonds. The first kappa shape index (κ1) is 17.6. The Morgan fingerprint density at radius 2 is 2.36 bits per heavy atom. The predicted molar refractivity (Wildman–Crippen MR) is 97.0 cm³/mol. The number of hydrogen-bond acceptors (Lipinski definition) is 5. The van der Waals surface area contributed by atoms with Crippen molar-refractivity contribution in [2.24, 2.45) is 0 Å². The number of aromatic nitrogens is 2. The number of piperazine rings is 1. The van der Waals surface area contributed by atoms with Gasteiger partial charge in [-0.25, -0.2) is 0 Å². The van der Waals surface area contributed by atoms with E-state index in [0.29, 0.717) is 13.1 Å². The average molecular weight is 361 g/mol. The van der Waals surface area contributed by atoms with E-state index in [1.54, 1.807) is 17.5 Å². The Balaban J connectivity index is 1.60. The van der Waals surface area contributed by atoms with Crippen molar-refractivity contribution in [1.29, 1.82) is 0 Å². The number of aromatic amines is 1. The molecule has 25 heavy (non-hydrogen) atoms. The smallest absolute Gasteiger partial charge is 0.237 e. The van der Waals surface area contributed by atoms with Crippen LogP contribution in [0.15, 0.2) is 23.7 Å². The standard InChI is InChI=1S/C17H23N5O2S/c1-11(2)22-6-5-18-17(24)13(22)8-15(23)19-9-12-10-20-21-16(12)14-4-3-7-25-14/h3-4,7,10-11,13H,5-6,8-9H2,1-2H3,(H,18,24)(H,19,23)(H,20,21)/t13-/m1/s1. The summed E-state index contributed by atoms with van der Waals surface area (Å²) in [4.78, 5) is 27.7. The van der Waals surface area contributed by atoms with Crippen molar-refractivity contribution in [3.63, 3.8) is 0 Å². The molecule has 2 aromatic heterocycles. The SMILES string of the molecule is CC(C)N1CCNC(=O)[C@H]1CC(=O)NCc1cn[nH]c1-c1cccs1. The summed E-state index contributed by atoms with van der Waals surface area (Å²) in [6, 6.07) is 3.81. The molecule has 1 fully saturated rings. The van der Waals surface area contributed by atoms with Crippen molar-refractivity contribution in [1.82, 2.24) is 25.7 Å². The van der Waals surface area contributed by atoms with Crippen molar-refractivity contribution < 1.29 is 9.59 Å². The third-order valence-corrected chi connectivity index (χ3v) is 5.26. The highest BCUT2D eigenvalue weighted by molar-refractivity contribution is 7.13. The second-order valence-corrected chi connectivity index (χ2v) is 7.31. The van der Waals surface area contributed by atoms with E-state index in [0.717, 1.165) is 22.7 Å². The Bertz CT molecular complexity index is 725. The first-order valence-corrected chi connectivity index (χ1v) is 9.30. The molecule has 1 aliphatic rings. The quantitative estimate of drug-likeness (QED) is 0.724. The van der Waals surface area contributed by atoms with Gasteiger partial charge in [0, 0.05) is 31.2 Å². The number of hydrogen-bond donors (Lipinski definition) is 3. The molecule has 3 N–H and O–H groups in total. The number of rotatable bonds is 6. The molecule has 0 unspecified atom stereocenters. The highest BCUT2D eigenvalue weighted by Gasteiger charge is 2.32. The van der Waals surface area contributed by atoms with Gasteiger partial charge in [-0.3, -0.25) is 19.6 Å².